The van der Waals surface area contributed by atoms with Gasteiger partial charge in [0, 0.05) is 49.6 Å². The van der Waals surface area contributed by atoms with E-state index in [4.69, 9.17) is 4.52 Å². The zero-order valence-corrected chi connectivity index (χ0v) is 19.2. The number of anilines is 1. The summed E-state index contributed by atoms with van der Waals surface area (Å²) in [6.45, 7) is 4.52. The molecule has 3 aromatic heterocycles. The van der Waals surface area contributed by atoms with Crippen LogP contribution in [0.2, 0.25) is 0 Å². The maximum atomic E-state index is 13.3. The molecule has 0 aliphatic carbocycles. The van der Waals surface area contributed by atoms with Crippen molar-refractivity contribution in [3.63, 3.8) is 0 Å². The second-order valence-electron chi connectivity index (χ2n) is 8.52. The maximum absolute atomic E-state index is 13.3. The Morgan fingerprint density at radius 1 is 0.914 bits per heavy atom. The summed E-state index contributed by atoms with van der Waals surface area (Å²) in [5.41, 5.74) is 3.22. The molecule has 4 heterocycles. The topological polar surface area (TPSA) is 93.2 Å². The van der Waals surface area contributed by atoms with Crippen LogP contribution in [0.25, 0.3) is 28.0 Å². The van der Waals surface area contributed by atoms with Crippen LogP contribution in [0.3, 0.4) is 0 Å². The maximum Gasteiger partial charge on any atom is 0.254 e. The normalized spacial score (nSPS) is 14.0. The van der Waals surface area contributed by atoms with E-state index in [9.17, 15) is 4.79 Å². The van der Waals surface area contributed by atoms with Gasteiger partial charge in [-0.2, -0.15) is 5.10 Å². The van der Waals surface area contributed by atoms with E-state index >= 15 is 0 Å². The number of amides is 1. The van der Waals surface area contributed by atoms with Crippen LogP contribution in [0.5, 0.6) is 0 Å². The predicted octanol–water partition coefficient (Wildman–Crippen LogP) is 3.74. The third-order valence-electron chi connectivity index (χ3n) is 6.25. The minimum Gasteiger partial charge on any atom is -0.355 e. The molecule has 0 unspecified atom stereocenters. The summed E-state index contributed by atoms with van der Waals surface area (Å²) in [6, 6.07) is 19.2. The van der Waals surface area contributed by atoms with Crippen molar-refractivity contribution in [2.24, 2.45) is 0 Å². The summed E-state index contributed by atoms with van der Waals surface area (Å²) in [5.74, 6) is 2.22. The van der Waals surface area contributed by atoms with E-state index in [0.29, 0.717) is 37.5 Å². The van der Waals surface area contributed by atoms with Crippen molar-refractivity contribution in [2.75, 3.05) is 31.1 Å². The Bertz CT molecular complexity index is 1500. The van der Waals surface area contributed by atoms with Gasteiger partial charge in [0.25, 0.3) is 5.91 Å². The average Bonchev–Trinajstić information content (AvgIpc) is 3.55. The van der Waals surface area contributed by atoms with Gasteiger partial charge in [0.1, 0.15) is 17.7 Å². The number of hydrogen-bond donors (Lipinski definition) is 0. The van der Waals surface area contributed by atoms with Crippen molar-refractivity contribution in [1.29, 1.82) is 0 Å². The minimum absolute atomic E-state index is 0.00199. The first-order valence-electron chi connectivity index (χ1n) is 11.5. The van der Waals surface area contributed by atoms with Gasteiger partial charge in [0.05, 0.1) is 11.1 Å². The van der Waals surface area contributed by atoms with Gasteiger partial charge in [-0.25, -0.2) is 14.6 Å². The molecule has 1 fully saturated rings. The number of fused-ring (bicyclic) bond motifs is 1. The average molecular weight is 466 g/mol. The second kappa shape index (κ2) is 8.68. The molecule has 0 N–H and O–H groups in total. The quantitative estimate of drug-likeness (QED) is 0.399. The van der Waals surface area contributed by atoms with Gasteiger partial charge in [0.2, 0.25) is 0 Å². The van der Waals surface area contributed by atoms with Crippen LogP contribution in [0.4, 0.5) is 5.82 Å². The molecule has 0 saturated carbocycles. The number of carbonyl (C=O) groups is 1. The third kappa shape index (κ3) is 4.01. The number of rotatable bonds is 4. The van der Waals surface area contributed by atoms with E-state index in [0.717, 1.165) is 33.8 Å². The van der Waals surface area contributed by atoms with E-state index in [1.165, 1.54) is 0 Å². The fraction of sp³-hybridized carbons (Fsp3) is 0.192. The van der Waals surface area contributed by atoms with Crippen molar-refractivity contribution >= 4 is 22.6 Å². The smallest absolute Gasteiger partial charge is 0.254 e. The largest absolute Gasteiger partial charge is 0.355 e. The van der Waals surface area contributed by atoms with E-state index < -0.39 is 0 Å². The van der Waals surface area contributed by atoms with Gasteiger partial charge in [-0.05, 0) is 31.2 Å². The summed E-state index contributed by atoms with van der Waals surface area (Å²) in [4.78, 5) is 26.1. The van der Waals surface area contributed by atoms with E-state index in [2.05, 4.69) is 25.1 Å². The minimum atomic E-state index is 0.00199. The zero-order chi connectivity index (χ0) is 23.8. The molecule has 1 amide bonds. The Hall–Kier alpha value is -4.53. The molecule has 0 bridgehead atoms. The number of piperazine rings is 1. The fourth-order valence-electron chi connectivity index (χ4n) is 4.37. The molecule has 0 spiro atoms. The Morgan fingerprint density at radius 3 is 2.49 bits per heavy atom. The monoisotopic (exact) mass is 465 g/mol. The molecule has 0 atom stereocenters. The van der Waals surface area contributed by atoms with Crippen LogP contribution in [0.1, 0.15) is 16.1 Å². The molecule has 2 aromatic carbocycles. The lowest BCUT2D eigenvalue weighted by Crippen LogP contribution is -2.49. The van der Waals surface area contributed by atoms with Gasteiger partial charge in [0.15, 0.2) is 11.6 Å². The number of benzene rings is 2. The standard InChI is InChI=1S/C26H23N7O2/c1-18-9-10-33(29-18)24-16-23(27-17-28-24)31-11-13-32(14-12-31)26(34)20-7-8-22-21(15-20)25(35-30-22)19-5-3-2-4-6-19/h2-10,15-17H,11-14H2,1H3. The first-order chi connectivity index (χ1) is 17.2. The Kier molecular flexibility index (Phi) is 5.21. The third-order valence-corrected chi connectivity index (χ3v) is 6.25. The lowest BCUT2D eigenvalue weighted by atomic mass is 10.1. The fourth-order valence-corrected chi connectivity index (χ4v) is 4.37. The number of aromatic nitrogens is 5. The highest BCUT2D eigenvalue weighted by Crippen LogP contribution is 2.29. The molecule has 0 radical (unpaired) electrons. The van der Waals surface area contributed by atoms with Crippen molar-refractivity contribution < 1.29 is 9.32 Å². The van der Waals surface area contributed by atoms with Crippen molar-refractivity contribution in [2.45, 2.75) is 6.92 Å². The molecule has 1 aliphatic heterocycles. The molecule has 1 saturated heterocycles. The highest BCUT2D eigenvalue weighted by molar-refractivity contribution is 6.01. The SMILES string of the molecule is Cc1ccn(-c2cc(N3CCN(C(=O)c4ccc5noc(-c6ccccc6)c5c4)CC3)ncn2)n1. The van der Waals surface area contributed by atoms with Gasteiger partial charge in [-0.3, -0.25) is 4.79 Å². The highest BCUT2D eigenvalue weighted by Gasteiger charge is 2.24. The lowest BCUT2D eigenvalue weighted by molar-refractivity contribution is 0.0746. The van der Waals surface area contributed by atoms with E-state index in [1.807, 2.05) is 78.7 Å². The molecule has 35 heavy (non-hydrogen) atoms. The molecular formula is C26H23N7O2. The Labute approximate surface area is 201 Å². The molecule has 1 aliphatic rings. The summed E-state index contributed by atoms with van der Waals surface area (Å²) < 4.78 is 7.33. The van der Waals surface area contributed by atoms with Gasteiger partial charge in [-0.15, -0.1) is 0 Å². The number of hydrogen-bond acceptors (Lipinski definition) is 7. The van der Waals surface area contributed by atoms with Crippen molar-refractivity contribution in [1.82, 2.24) is 29.8 Å². The van der Waals surface area contributed by atoms with Crippen LogP contribution >= 0.6 is 0 Å². The van der Waals surface area contributed by atoms with Crippen LogP contribution in [0.15, 0.2) is 77.7 Å². The molecule has 6 rings (SSSR count). The molecular weight excluding hydrogens is 442 g/mol. The molecule has 9 nitrogen and oxygen atoms in total. The Morgan fingerprint density at radius 2 is 1.71 bits per heavy atom. The van der Waals surface area contributed by atoms with Crippen LogP contribution < -0.4 is 4.90 Å². The predicted molar refractivity (Wildman–Crippen MR) is 131 cm³/mol. The second-order valence-corrected chi connectivity index (χ2v) is 8.52. The van der Waals surface area contributed by atoms with Crippen LogP contribution in [0, 0.1) is 6.92 Å². The van der Waals surface area contributed by atoms with Gasteiger partial charge < -0.3 is 14.3 Å². The number of aryl methyl sites for hydroxylation is 1. The number of nitrogens with zero attached hydrogens (tertiary/aromatic N) is 7. The summed E-state index contributed by atoms with van der Waals surface area (Å²) in [7, 11) is 0. The van der Waals surface area contributed by atoms with E-state index in [1.54, 1.807) is 11.0 Å². The highest BCUT2D eigenvalue weighted by atomic mass is 16.5. The van der Waals surface area contributed by atoms with Crippen LogP contribution in [-0.4, -0.2) is 61.9 Å². The van der Waals surface area contributed by atoms with E-state index in [-0.39, 0.29) is 5.91 Å². The van der Waals surface area contributed by atoms with Gasteiger partial charge in [-0.1, -0.05) is 35.5 Å². The first-order valence-corrected chi connectivity index (χ1v) is 11.5. The summed E-state index contributed by atoms with van der Waals surface area (Å²) in [5, 5.41) is 9.42. The number of carbonyl (C=O) groups excluding carboxylic acids is 1. The van der Waals surface area contributed by atoms with Crippen molar-refractivity contribution in [3.8, 4) is 17.1 Å². The molecule has 174 valence electrons. The van der Waals surface area contributed by atoms with Crippen LogP contribution in [-0.2, 0) is 0 Å². The first kappa shape index (κ1) is 21.0. The summed E-state index contributed by atoms with van der Waals surface area (Å²) in [6.07, 6.45) is 3.44. The summed E-state index contributed by atoms with van der Waals surface area (Å²) >= 11 is 0. The molecule has 9 heteroatoms. The zero-order valence-electron chi connectivity index (χ0n) is 19.2. The molecule has 5 aromatic rings. The lowest BCUT2D eigenvalue weighted by Gasteiger charge is -2.35. The van der Waals surface area contributed by atoms with Gasteiger partial charge >= 0.3 is 0 Å². The Balaban J connectivity index is 1.18. The van der Waals surface area contributed by atoms with Crippen molar-refractivity contribution in [3.05, 3.63) is 84.4 Å².